The molecule has 10 nitrogen and oxygen atoms in total. The molecule has 0 bridgehead atoms. The van der Waals surface area contributed by atoms with Crippen LogP contribution in [-0.4, -0.2) is 61.3 Å². The van der Waals surface area contributed by atoms with Crippen molar-refractivity contribution in [3.63, 3.8) is 0 Å². The molecule has 1 atom stereocenters. The number of aromatic carboxylic acids is 1. The molecule has 4 rings (SSSR count). The molecule has 11 heteroatoms. The number of nitrogens with zero attached hydrogens (tertiary/aromatic N) is 3. The fourth-order valence-electron chi connectivity index (χ4n) is 4.57. The van der Waals surface area contributed by atoms with Gasteiger partial charge in [0.05, 0.1) is 35.0 Å². The molecule has 1 unspecified atom stereocenters. The van der Waals surface area contributed by atoms with Crippen molar-refractivity contribution in [3.05, 3.63) is 27.8 Å². The topological polar surface area (TPSA) is 131 Å². The summed E-state index contributed by atoms with van der Waals surface area (Å²) in [6.45, 7) is 2.69. The maximum Gasteiger partial charge on any atom is 0.341 e. The van der Waals surface area contributed by atoms with Gasteiger partial charge in [-0.1, -0.05) is 5.16 Å². The number of fused-ring (bicyclic) bond motifs is 1. The number of hydrogen-bond acceptors (Lipinski definition) is 8. The van der Waals surface area contributed by atoms with Gasteiger partial charge >= 0.3 is 5.97 Å². The number of nitrogens with one attached hydrogen (secondary N) is 1. The standard InChI is InChI=1S/C22H28FN5O5/c1-22(25-2)10-27(8-7-13(22)26-33-4)18-15(23)16(24)14-17(20(18)32-3)28(11-5-6-11)9-12(19(14)29)21(30)31/h9,11,25H,5-8,10,24H2,1-4H3,(H,30,31)/b26-13+. The van der Waals surface area contributed by atoms with Crippen LogP contribution in [0.15, 0.2) is 16.1 Å². The predicted octanol–water partition coefficient (Wildman–Crippen LogP) is 1.96. The highest BCUT2D eigenvalue weighted by Crippen LogP contribution is 2.46. The average Bonchev–Trinajstić information content (AvgIpc) is 3.62. The summed E-state index contributed by atoms with van der Waals surface area (Å²) in [5.41, 5.74) is 5.13. The molecule has 0 radical (unpaired) electrons. The monoisotopic (exact) mass is 461 g/mol. The summed E-state index contributed by atoms with van der Waals surface area (Å²) < 4.78 is 23.2. The fourth-order valence-corrected chi connectivity index (χ4v) is 4.57. The summed E-state index contributed by atoms with van der Waals surface area (Å²) in [5, 5.41) is 16.7. The van der Waals surface area contributed by atoms with Crippen LogP contribution in [0.2, 0.25) is 0 Å². The zero-order chi connectivity index (χ0) is 24.1. The molecule has 0 amide bonds. The number of pyridine rings is 1. The van der Waals surface area contributed by atoms with Crippen molar-refractivity contribution < 1.29 is 23.9 Å². The van der Waals surface area contributed by atoms with Crippen molar-refractivity contribution in [2.75, 3.05) is 45.0 Å². The van der Waals surface area contributed by atoms with E-state index in [1.807, 2.05) is 11.8 Å². The van der Waals surface area contributed by atoms with E-state index in [2.05, 4.69) is 10.5 Å². The number of nitrogens with two attached hydrogens (primary N) is 1. The van der Waals surface area contributed by atoms with Crippen LogP contribution in [0, 0.1) is 5.82 Å². The number of ether oxygens (including phenoxy) is 1. The maximum absolute atomic E-state index is 15.8. The van der Waals surface area contributed by atoms with E-state index in [1.54, 1.807) is 11.6 Å². The number of piperidine rings is 1. The van der Waals surface area contributed by atoms with E-state index in [9.17, 15) is 14.7 Å². The Morgan fingerprint density at radius 2 is 2.09 bits per heavy atom. The third-order valence-corrected chi connectivity index (χ3v) is 6.59. The fraction of sp³-hybridized carbons (Fsp3) is 0.500. The summed E-state index contributed by atoms with van der Waals surface area (Å²) in [6.07, 6.45) is 3.43. The first-order valence-corrected chi connectivity index (χ1v) is 10.7. The van der Waals surface area contributed by atoms with Crippen LogP contribution in [0.1, 0.15) is 42.6 Å². The molecular formula is C22H28FN5O5. The van der Waals surface area contributed by atoms with Crippen LogP contribution in [0.25, 0.3) is 10.9 Å². The van der Waals surface area contributed by atoms with E-state index in [0.29, 0.717) is 25.0 Å². The molecule has 1 aromatic carbocycles. The number of nitrogen functional groups attached to an aromatic ring is 1. The summed E-state index contributed by atoms with van der Waals surface area (Å²) in [7, 11) is 4.67. The van der Waals surface area contributed by atoms with E-state index in [1.165, 1.54) is 20.4 Å². The number of anilines is 2. The molecule has 2 aromatic rings. The Bertz CT molecular complexity index is 1220. The second-order valence-corrected chi connectivity index (χ2v) is 8.62. The van der Waals surface area contributed by atoms with Crippen LogP contribution in [0.4, 0.5) is 15.8 Å². The SMILES string of the molecule is CNC1(C)CN(c2c(F)c(N)c3c(=O)c(C(=O)O)cn(C4CC4)c3c2OC)CC/C1=N\OC. The molecule has 2 heterocycles. The predicted molar refractivity (Wildman–Crippen MR) is 123 cm³/mol. The third kappa shape index (κ3) is 3.56. The lowest BCUT2D eigenvalue weighted by Gasteiger charge is -2.42. The number of halogens is 1. The van der Waals surface area contributed by atoms with Gasteiger partial charge in [0.15, 0.2) is 11.6 Å². The van der Waals surface area contributed by atoms with Gasteiger partial charge in [0, 0.05) is 31.7 Å². The molecule has 2 aliphatic rings. The number of hydrogen-bond donors (Lipinski definition) is 3. The first kappa shape index (κ1) is 22.8. The lowest BCUT2D eigenvalue weighted by molar-refractivity contribution is 0.0695. The van der Waals surface area contributed by atoms with Gasteiger partial charge in [-0.15, -0.1) is 0 Å². The number of aromatic nitrogens is 1. The first-order chi connectivity index (χ1) is 15.7. The molecule has 0 spiro atoms. The van der Waals surface area contributed by atoms with Crippen molar-refractivity contribution in [2.24, 2.45) is 5.16 Å². The molecule has 2 fully saturated rings. The van der Waals surface area contributed by atoms with Gasteiger partial charge in [-0.2, -0.15) is 0 Å². The Labute approximate surface area is 189 Å². The van der Waals surface area contributed by atoms with Crippen LogP contribution in [-0.2, 0) is 4.84 Å². The highest BCUT2D eigenvalue weighted by atomic mass is 19.1. The first-order valence-electron chi connectivity index (χ1n) is 10.7. The van der Waals surface area contributed by atoms with E-state index in [-0.39, 0.29) is 28.6 Å². The van der Waals surface area contributed by atoms with Crippen LogP contribution in [0.3, 0.4) is 0 Å². The molecule has 1 aliphatic heterocycles. The van der Waals surface area contributed by atoms with Crippen molar-refractivity contribution in [1.82, 2.24) is 9.88 Å². The van der Waals surface area contributed by atoms with Crippen LogP contribution < -0.4 is 26.1 Å². The molecule has 1 saturated heterocycles. The highest BCUT2D eigenvalue weighted by Gasteiger charge is 2.40. The van der Waals surface area contributed by atoms with Gasteiger partial charge in [0.2, 0.25) is 5.43 Å². The van der Waals surface area contributed by atoms with E-state index < -0.39 is 28.3 Å². The smallest absolute Gasteiger partial charge is 0.341 e. The number of oxime groups is 1. The number of carbonyl (C=O) groups is 1. The van der Waals surface area contributed by atoms with Crippen molar-refractivity contribution in [2.45, 2.75) is 37.8 Å². The Morgan fingerprint density at radius 1 is 1.39 bits per heavy atom. The van der Waals surface area contributed by atoms with E-state index >= 15 is 4.39 Å². The number of carboxylic acids is 1. The summed E-state index contributed by atoms with van der Waals surface area (Å²) in [6, 6.07) is -0.0119. The molecule has 1 aromatic heterocycles. The number of rotatable bonds is 6. The number of likely N-dealkylation sites (N-methyl/N-ethyl adjacent to an activating group) is 1. The second kappa shape index (κ2) is 8.22. The maximum atomic E-state index is 15.8. The van der Waals surface area contributed by atoms with Crippen LogP contribution >= 0.6 is 0 Å². The number of methoxy groups -OCH3 is 1. The lowest BCUT2D eigenvalue weighted by atomic mass is 9.88. The Morgan fingerprint density at radius 3 is 2.64 bits per heavy atom. The Balaban J connectivity index is 2.00. The van der Waals surface area contributed by atoms with Crippen molar-refractivity contribution in [1.29, 1.82) is 0 Å². The molecule has 178 valence electrons. The summed E-state index contributed by atoms with van der Waals surface area (Å²) in [5.74, 6) is -2.04. The minimum atomic E-state index is -1.38. The zero-order valence-electron chi connectivity index (χ0n) is 19.1. The molecule has 4 N–H and O–H groups in total. The molecule has 1 aliphatic carbocycles. The van der Waals surface area contributed by atoms with Gasteiger partial charge in [0.25, 0.3) is 0 Å². The minimum absolute atomic E-state index is 0.0119. The molecular weight excluding hydrogens is 433 g/mol. The summed E-state index contributed by atoms with van der Waals surface area (Å²) in [4.78, 5) is 31.5. The van der Waals surface area contributed by atoms with Gasteiger partial charge in [-0.25, -0.2) is 9.18 Å². The van der Waals surface area contributed by atoms with E-state index in [4.69, 9.17) is 15.3 Å². The Kier molecular flexibility index (Phi) is 5.69. The van der Waals surface area contributed by atoms with Gasteiger partial charge in [-0.3, -0.25) is 4.79 Å². The molecule has 33 heavy (non-hydrogen) atoms. The lowest BCUT2D eigenvalue weighted by Crippen LogP contribution is -2.60. The third-order valence-electron chi connectivity index (χ3n) is 6.59. The quantitative estimate of drug-likeness (QED) is 0.439. The second-order valence-electron chi connectivity index (χ2n) is 8.62. The van der Waals surface area contributed by atoms with Gasteiger partial charge < -0.3 is 35.2 Å². The number of benzene rings is 1. The highest BCUT2D eigenvalue weighted by molar-refractivity contribution is 6.04. The number of carboxylic acid groups (broad SMARTS) is 1. The minimum Gasteiger partial charge on any atom is -0.492 e. The summed E-state index contributed by atoms with van der Waals surface area (Å²) >= 11 is 0. The molecule has 1 saturated carbocycles. The Hall–Kier alpha value is -3.34. The van der Waals surface area contributed by atoms with Gasteiger partial charge in [0.1, 0.15) is 18.4 Å². The van der Waals surface area contributed by atoms with Crippen LogP contribution in [0.5, 0.6) is 5.75 Å². The van der Waals surface area contributed by atoms with Crippen molar-refractivity contribution >= 4 is 34.0 Å². The van der Waals surface area contributed by atoms with Gasteiger partial charge in [-0.05, 0) is 26.8 Å². The van der Waals surface area contributed by atoms with Crippen molar-refractivity contribution in [3.8, 4) is 5.75 Å². The largest absolute Gasteiger partial charge is 0.492 e. The zero-order valence-corrected chi connectivity index (χ0v) is 19.1. The normalized spacial score (nSPS) is 22.1. The average molecular weight is 461 g/mol. The van der Waals surface area contributed by atoms with E-state index in [0.717, 1.165) is 18.6 Å².